The SMILES string of the molecule is C[C@H](Sc1nnc(-c2cccs2)n1C1CC1)C(=O)NC[C@@H]1CCCO1. The molecule has 25 heavy (non-hydrogen) atoms. The molecular formula is C17H22N4O2S2. The van der Waals surface area contributed by atoms with Gasteiger partial charge in [0.05, 0.1) is 16.2 Å². The van der Waals surface area contributed by atoms with E-state index >= 15 is 0 Å². The molecule has 0 spiro atoms. The minimum atomic E-state index is -0.209. The molecule has 2 atom stereocenters. The van der Waals surface area contributed by atoms with Crippen LogP contribution in [0.5, 0.6) is 0 Å². The maximum Gasteiger partial charge on any atom is 0.233 e. The number of amides is 1. The van der Waals surface area contributed by atoms with E-state index in [0.29, 0.717) is 12.6 Å². The fraction of sp³-hybridized carbons (Fsp3) is 0.588. The minimum absolute atomic E-state index is 0.0310. The minimum Gasteiger partial charge on any atom is -0.376 e. The average Bonchev–Trinajstić information content (AvgIpc) is 3.05. The third-order valence-corrected chi connectivity index (χ3v) is 6.42. The normalized spacial score (nSPS) is 21.4. The first-order chi connectivity index (χ1) is 12.2. The zero-order valence-electron chi connectivity index (χ0n) is 14.2. The highest BCUT2D eigenvalue weighted by Gasteiger charge is 2.31. The molecule has 0 unspecified atom stereocenters. The third-order valence-electron chi connectivity index (χ3n) is 4.50. The fourth-order valence-electron chi connectivity index (χ4n) is 2.97. The van der Waals surface area contributed by atoms with Gasteiger partial charge in [0.15, 0.2) is 11.0 Å². The Morgan fingerprint density at radius 3 is 3.04 bits per heavy atom. The van der Waals surface area contributed by atoms with Gasteiger partial charge in [-0.25, -0.2) is 0 Å². The van der Waals surface area contributed by atoms with Crippen LogP contribution in [-0.4, -0.2) is 45.2 Å². The van der Waals surface area contributed by atoms with Crippen molar-refractivity contribution in [3.8, 4) is 10.7 Å². The second-order valence-corrected chi connectivity index (χ2v) is 8.78. The second-order valence-electron chi connectivity index (χ2n) is 6.52. The van der Waals surface area contributed by atoms with Crippen LogP contribution >= 0.6 is 23.1 Å². The molecule has 0 radical (unpaired) electrons. The highest BCUT2D eigenvalue weighted by molar-refractivity contribution is 8.00. The van der Waals surface area contributed by atoms with Crippen molar-refractivity contribution >= 4 is 29.0 Å². The summed E-state index contributed by atoms with van der Waals surface area (Å²) in [6, 6.07) is 4.57. The molecule has 1 amide bonds. The lowest BCUT2D eigenvalue weighted by atomic mass is 10.2. The van der Waals surface area contributed by atoms with E-state index in [1.165, 1.54) is 11.8 Å². The number of carbonyl (C=O) groups is 1. The molecule has 134 valence electrons. The second kappa shape index (κ2) is 7.47. The Morgan fingerprint density at radius 2 is 2.36 bits per heavy atom. The molecule has 8 heteroatoms. The van der Waals surface area contributed by atoms with Crippen LogP contribution in [0.15, 0.2) is 22.7 Å². The summed E-state index contributed by atoms with van der Waals surface area (Å²) in [6.45, 7) is 3.33. The number of ether oxygens (including phenoxy) is 1. The molecular weight excluding hydrogens is 356 g/mol. The summed E-state index contributed by atoms with van der Waals surface area (Å²) in [7, 11) is 0. The largest absolute Gasteiger partial charge is 0.376 e. The Morgan fingerprint density at radius 1 is 1.48 bits per heavy atom. The van der Waals surface area contributed by atoms with Gasteiger partial charge in [-0.3, -0.25) is 9.36 Å². The van der Waals surface area contributed by atoms with Crippen molar-refractivity contribution in [1.82, 2.24) is 20.1 Å². The van der Waals surface area contributed by atoms with Crippen LogP contribution in [0.1, 0.15) is 38.6 Å². The van der Waals surface area contributed by atoms with E-state index in [0.717, 1.165) is 48.1 Å². The molecule has 4 rings (SSSR count). The standard InChI is InChI=1S/C17H22N4O2S2/c1-11(16(22)18-10-13-4-2-8-23-13)25-17-20-19-15(14-5-3-9-24-14)21(17)12-6-7-12/h3,5,9,11-13H,2,4,6-8,10H2,1H3,(H,18,22)/t11-,13-/m0/s1. The predicted octanol–water partition coefficient (Wildman–Crippen LogP) is 3.12. The fourth-order valence-corrected chi connectivity index (χ4v) is 4.62. The molecule has 3 heterocycles. The highest BCUT2D eigenvalue weighted by atomic mass is 32.2. The lowest BCUT2D eigenvalue weighted by molar-refractivity contribution is -0.120. The zero-order chi connectivity index (χ0) is 17.2. The van der Waals surface area contributed by atoms with Gasteiger partial charge in [-0.2, -0.15) is 0 Å². The van der Waals surface area contributed by atoms with Gasteiger partial charge in [0.2, 0.25) is 5.91 Å². The Bertz CT molecular complexity index is 721. The van der Waals surface area contributed by atoms with Gasteiger partial charge in [-0.05, 0) is 44.1 Å². The molecule has 6 nitrogen and oxygen atoms in total. The maximum absolute atomic E-state index is 12.4. The Hall–Kier alpha value is -1.38. The number of rotatable bonds is 7. The molecule has 1 aliphatic carbocycles. The Kier molecular flexibility index (Phi) is 5.10. The van der Waals surface area contributed by atoms with Crippen LogP contribution < -0.4 is 5.32 Å². The van der Waals surface area contributed by atoms with E-state index in [-0.39, 0.29) is 17.3 Å². The van der Waals surface area contributed by atoms with Crippen LogP contribution in [0, 0.1) is 0 Å². The van der Waals surface area contributed by atoms with Crippen molar-refractivity contribution in [1.29, 1.82) is 0 Å². The number of carbonyl (C=O) groups excluding carboxylic acids is 1. The van der Waals surface area contributed by atoms with Gasteiger partial charge in [0.25, 0.3) is 0 Å². The first-order valence-corrected chi connectivity index (χ1v) is 10.5. The summed E-state index contributed by atoms with van der Waals surface area (Å²) >= 11 is 3.16. The van der Waals surface area contributed by atoms with E-state index in [1.807, 2.05) is 13.0 Å². The van der Waals surface area contributed by atoms with Gasteiger partial charge >= 0.3 is 0 Å². The molecule has 1 aliphatic heterocycles. The van der Waals surface area contributed by atoms with Crippen molar-refractivity contribution in [2.45, 2.75) is 55.2 Å². The summed E-state index contributed by atoms with van der Waals surface area (Å²) < 4.78 is 7.77. The van der Waals surface area contributed by atoms with Gasteiger partial charge in [0, 0.05) is 19.2 Å². The molecule has 1 saturated heterocycles. The van der Waals surface area contributed by atoms with Crippen molar-refractivity contribution in [3.05, 3.63) is 17.5 Å². The number of nitrogens with one attached hydrogen (secondary N) is 1. The summed E-state index contributed by atoms with van der Waals surface area (Å²) in [5.74, 6) is 0.954. The first kappa shape index (κ1) is 17.1. The summed E-state index contributed by atoms with van der Waals surface area (Å²) in [6.07, 6.45) is 4.59. The molecule has 0 aromatic carbocycles. The van der Waals surface area contributed by atoms with E-state index in [1.54, 1.807) is 11.3 Å². The van der Waals surface area contributed by atoms with E-state index in [2.05, 4.69) is 31.5 Å². The zero-order valence-corrected chi connectivity index (χ0v) is 15.8. The van der Waals surface area contributed by atoms with Gasteiger partial charge in [-0.1, -0.05) is 17.8 Å². The lowest BCUT2D eigenvalue weighted by Crippen LogP contribution is -2.36. The van der Waals surface area contributed by atoms with E-state index < -0.39 is 0 Å². The van der Waals surface area contributed by atoms with Crippen LogP contribution in [0.25, 0.3) is 10.7 Å². The maximum atomic E-state index is 12.4. The topological polar surface area (TPSA) is 69.0 Å². The lowest BCUT2D eigenvalue weighted by Gasteiger charge is -2.15. The first-order valence-electron chi connectivity index (χ1n) is 8.77. The third kappa shape index (κ3) is 3.91. The molecule has 2 aromatic rings. The molecule has 1 N–H and O–H groups in total. The Labute approximate surface area is 155 Å². The number of aromatic nitrogens is 3. The number of thiophene rings is 1. The van der Waals surface area contributed by atoms with Crippen LogP contribution in [0.4, 0.5) is 0 Å². The van der Waals surface area contributed by atoms with Crippen molar-refractivity contribution in [2.24, 2.45) is 0 Å². The number of thioether (sulfide) groups is 1. The van der Waals surface area contributed by atoms with Crippen LogP contribution in [-0.2, 0) is 9.53 Å². The predicted molar refractivity (Wildman–Crippen MR) is 98.9 cm³/mol. The van der Waals surface area contributed by atoms with Gasteiger partial charge in [-0.15, -0.1) is 21.5 Å². The quantitative estimate of drug-likeness (QED) is 0.750. The smallest absolute Gasteiger partial charge is 0.233 e. The molecule has 2 aliphatic rings. The molecule has 0 bridgehead atoms. The van der Waals surface area contributed by atoms with Crippen molar-refractivity contribution < 1.29 is 9.53 Å². The van der Waals surface area contributed by atoms with E-state index in [9.17, 15) is 4.79 Å². The average molecular weight is 379 g/mol. The van der Waals surface area contributed by atoms with Gasteiger partial charge in [0.1, 0.15) is 0 Å². The number of nitrogens with zero attached hydrogens (tertiary/aromatic N) is 3. The Balaban J connectivity index is 1.42. The monoisotopic (exact) mass is 378 g/mol. The van der Waals surface area contributed by atoms with Crippen molar-refractivity contribution in [3.63, 3.8) is 0 Å². The molecule has 2 aromatic heterocycles. The van der Waals surface area contributed by atoms with Crippen LogP contribution in [0.2, 0.25) is 0 Å². The molecule has 1 saturated carbocycles. The molecule has 2 fully saturated rings. The van der Waals surface area contributed by atoms with Crippen LogP contribution in [0.3, 0.4) is 0 Å². The summed E-state index contributed by atoms with van der Waals surface area (Å²) in [5.41, 5.74) is 0. The highest BCUT2D eigenvalue weighted by Crippen LogP contribution is 2.42. The van der Waals surface area contributed by atoms with Crippen molar-refractivity contribution in [2.75, 3.05) is 13.2 Å². The summed E-state index contributed by atoms with van der Waals surface area (Å²) in [4.78, 5) is 13.5. The van der Waals surface area contributed by atoms with E-state index in [4.69, 9.17) is 4.74 Å². The number of hydrogen-bond donors (Lipinski definition) is 1. The summed E-state index contributed by atoms with van der Waals surface area (Å²) in [5, 5.41) is 14.4. The van der Waals surface area contributed by atoms with Gasteiger partial charge < -0.3 is 10.1 Å². The number of hydrogen-bond acceptors (Lipinski definition) is 6.